The van der Waals surface area contributed by atoms with E-state index in [1.54, 1.807) is 30.2 Å². The highest BCUT2D eigenvalue weighted by Gasteiger charge is 2.06. The third-order valence-corrected chi connectivity index (χ3v) is 5.69. The Bertz CT molecular complexity index is 782. The van der Waals surface area contributed by atoms with Crippen LogP contribution in [0.1, 0.15) is 12.8 Å². The Labute approximate surface area is 149 Å². The quantitative estimate of drug-likeness (QED) is 0.486. The van der Waals surface area contributed by atoms with Crippen molar-refractivity contribution in [1.29, 1.82) is 0 Å². The van der Waals surface area contributed by atoms with Crippen LogP contribution in [-0.2, 0) is 4.79 Å². The van der Waals surface area contributed by atoms with Crippen LogP contribution in [0.2, 0.25) is 0 Å². The van der Waals surface area contributed by atoms with Crippen molar-refractivity contribution in [2.45, 2.75) is 17.2 Å². The average molecular weight is 358 g/mol. The molecular formula is C18H18N2O2S2. The lowest BCUT2D eigenvalue weighted by molar-refractivity contribution is -0.116. The highest BCUT2D eigenvalue weighted by atomic mass is 32.2. The lowest BCUT2D eigenvalue weighted by Gasteiger charge is -2.06. The molecule has 4 nitrogen and oxygen atoms in total. The number of hydrogen-bond donors (Lipinski definition) is 1. The molecule has 3 rings (SSSR count). The first kappa shape index (κ1) is 16.8. The molecule has 0 radical (unpaired) electrons. The van der Waals surface area contributed by atoms with Gasteiger partial charge in [0.2, 0.25) is 5.91 Å². The van der Waals surface area contributed by atoms with Crippen LogP contribution in [0.5, 0.6) is 5.75 Å². The molecule has 1 heterocycles. The van der Waals surface area contributed by atoms with Gasteiger partial charge >= 0.3 is 0 Å². The molecule has 0 aliphatic heterocycles. The molecule has 0 unspecified atom stereocenters. The summed E-state index contributed by atoms with van der Waals surface area (Å²) in [6.07, 6.45) is 1.33. The molecule has 0 atom stereocenters. The summed E-state index contributed by atoms with van der Waals surface area (Å²) in [6.45, 7) is 0. The van der Waals surface area contributed by atoms with Gasteiger partial charge in [-0.05, 0) is 42.8 Å². The Hall–Kier alpha value is -2.05. The van der Waals surface area contributed by atoms with Gasteiger partial charge < -0.3 is 10.1 Å². The van der Waals surface area contributed by atoms with Crippen molar-refractivity contribution < 1.29 is 9.53 Å². The number of thiazole rings is 1. The van der Waals surface area contributed by atoms with Gasteiger partial charge in [-0.2, -0.15) is 0 Å². The predicted molar refractivity (Wildman–Crippen MR) is 101 cm³/mol. The molecule has 0 aliphatic rings. The monoisotopic (exact) mass is 358 g/mol. The Morgan fingerprint density at radius 3 is 2.75 bits per heavy atom. The number of amides is 1. The number of hydrogen-bond acceptors (Lipinski definition) is 5. The SMILES string of the molecule is COc1ccc(NC(=O)CCCSc2nc3ccccc3s2)cc1. The molecule has 0 saturated carbocycles. The number of rotatable bonds is 7. The van der Waals surface area contributed by atoms with Crippen molar-refractivity contribution in [1.82, 2.24) is 4.98 Å². The average Bonchev–Trinajstić information content (AvgIpc) is 3.02. The van der Waals surface area contributed by atoms with Crippen LogP contribution in [-0.4, -0.2) is 23.8 Å². The lowest BCUT2D eigenvalue weighted by atomic mass is 10.2. The minimum atomic E-state index is 0.0325. The number of benzene rings is 2. The highest BCUT2D eigenvalue weighted by molar-refractivity contribution is 8.01. The van der Waals surface area contributed by atoms with Gasteiger partial charge in [-0.25, -0.2) is 4.98 Å². The van der Waals surface area contributed by atoms with Crippen molar-refractivity contribution in [3.05, 3.63) is 48.5 Å². The van der Waals surface area contributed by atoms with Crippen molar-refractivity contribution in [2.24, 2.45) is 0 Å². The topological polar surface area (TPSA) is 51.2 Å². The van der Waals surface area contributed by atoms with Gasteiger partial charge in [0.15, 0.2) is 4.34 Å². The summed E-state index contributed by atoms with van der Waals surface area (Å²) in [6, 6.07) is 15.5. The maximum absolute atomic E-state index is 12.0. The maximum Gasteiger partial charge on any atom is 0.224 e. The number of carbonyl (C=O) groups excluding carboxylic acids is 1. The summed E-state index contributed by atoms with van der Waals surface area (Å²) < 4.78 is 7.36. The maximum atomic E-state index is 12.0. The molecule has 0 saturated heterocycles. The summed E-state index contributed by atoms with van der Waals surface area (Å²) in [5, 5.41) is 2.90. The van der Waals surface area contributed by atoms with Gasteiger partial charge in [-0.15, -0.1) is 11.3 Å². The van der Waals surface area contributed by atoms with Crippen LogP contribution in [0, 0.1) is 0 Å². The van der Waals surface area contributed by atoms with Gasteiger partial charge in [0, 0.05) is 17.9 Å². The van der Waals surface area contributed by atoms with E-state index in [9.17, 15) is 4.79 Å². The van der Waals surface area contributed by atoms with Gasteiger partial charge in [0.1, 0.15) is 5.75 Å². The molecule has 0 spiro atoms. The number of nitrogens with one attached hydrogen (secondary N) is 1. The van der Waals surface area contributed by atoms with Crippen molar-refractivity contribution >= 4 is 44.9 Å². The van der Waals surface area contributed by atoms with E-state index >= 15 is 0 Å². The molecule has 0 bridgehead atoms. The van der Waals surface area contributed by atoms with Crippen LogP contribution in [0.4, 0.5) is 5.69 Å². The molecule has 2 aromatic carbocycles. The van der Waals surface area contributed by atoms with Crippen LogP contribution < -0.4 is 10.1 Å². The summed E-state index contributed by atoms with van der Waals surface area (Å²) in [5.41, 5.74) is 1.84. The van der Waals surface area contributed by atoms with E-state index in [1.165, 1.54) is 4.70 Å². The minimum Gasteiger partial charge on any atom is -0.497 e. The van der Waals surface area contributed by atoms with E-state index < -0.39 is 0 Å². The van der Waals surface area contributed by atoms with Crippen LogP contribution in [0.15, 0.2) is 52.9 Å². The fourth-order valence-electron chi connectivity index (χ4n) is 2.20. The van der Waals surface area contributed by atoms with Gasteiger partial charge in [0.05, 0.1) is 17.3 Å². The Morgan fingerprint density at radius 1 is 1.21 bits per heavy atom. The number of para-hydroxylation sites is 1. The molecular weight excluding hydrogens is 340 g/mol. The van der Waals surface area contributed by atoms with Crippen LogP contribution >= 0.6 is 23.1 Å². The molecule has 6 heteroatoms. The summed E-state index contributed by atoms with van der Waals surface area (Å²) in [4.78, 5) is 16.5. The van der Waals surface area contributed by atoms with Gasteiger partial charge in [0.25, 0.3) is 0 Å². The van der Waals surface area contributed by atoms with Crippen molar-refractivity contribution in [3.63, 3.8) is 0 Å². The lowest BCUT2D eigenvalue weighted by Crippen LogP contribution is -2.11. The second kappa shape index (κ2) is 8.17. The molecule has 24 heavy (non-hydrogen) atoms. The number of aromatic nitrogens is 1. The molecule has 1 N–H and O–H groups in total. The minimum absolute atomic E-state index is 0.0325. The number of carbonyl (C=O) groups is 1. The molecule has 124 valence electrons. The Morgan fingerprint density at radius 2 is 2.00 bits per heavy atom. The second-order valence-corrected chi connectivity index (χ2v) is 7.55. The Kier molecular flexibility index (Phi) is 5.72. The first-order valence-electron chi connectivity index (χ1n) is 7.67. The molecule has 0 aliphatic carbocycles. The third-order valence-electron chi connectivity index (χ3n) is 3.42. The second-order valence-electron chi connectivity index (χ2n) is 5.18. The smallest absolute Gasteiger partial charge is 0.224 e. The van der Waals surface area contributed by atoms with Crippen LogP contribution in [0.25, 0.3) is 10.2 Å². The van der Waals surface area contributed by atoms with E-state index in [4.69, 9.17) is 4.74 Å². The zero-order valence-corrected chi connectivity index (χ0v) is 15.0. The van der Waals surface area contributed by atoms with E-state index in [-0.39, 0.29) is 5.91 Å². The highest BCUT2D eigenvalue weighted by Crippen LogP contribution is 2.29. The number of fused-ring (bicyclic) bond motifs is 1. The first-order valence-corrected chi connectivity index (χ1v) is 9.47. The number of methoxy groups -OCH3 is 1. The number of thioether (sulfide) groups is 1. The summed E-state index contributed by atoms with van der Waals surface area (Å²) in [7, 11) is 1.62. The van der Waals surface area contributed by atoms with Crippen LogP contribution in [0.3, 0.4) is 0 Å². The number of anilines is 1. The van der Waals surface area contributed by atoms with E-state index in [0.29, 0.717) is 6.42 Å². The fourth-order valence-corrected chi connectivity index (χ4v) is 4.28. The fraction of sp³-hybridized carbons (Fsp3) is 0.222. The summed E-state index contributed by atoms with van der Waals surface area (Å²) >= 11 is 3.41. The van der Waals surface area contributed by atoms with Crippen molar-refractivity contribution in [3.8, 4) is 5.75 Å². The summed E-state index contributed by atoms with van der Waals surface area (Å²) in [5.74, 6) is 1.70. The number of ether oxygens (including phenoxy) is 1. The largest absolute Gasteiger partial charge is 0.497 e. The number of nitrogens with zero attached hydrogens (tertiary/aromatic N) is 1. The van der Waals surface area contributed by atoms with Crippen molar-refractivity contribution in [2.75, 3.05) is 18.2 Å². The third kappa shape index (κ3) is 4.49. The zero-order chi connectivity index (χ0) is 16.8. The first-order chi connectivity index (χ1) is 11.7. The molecule has 1 amide bonds. The normalized spacial score (nSPS) is 10.7. The zero-order valence-electron chi connectivity index (χ0n) is 13.3. The predicted octanol–water partition coefficient (Wildman–Crippen LogP) is 4.82. The van der Waals surface area contributed by atoms with Gasteiger partial charge in [-0.3, -0.25) is 4.79 Å². The van der Waals surface area contributed by atoms with Gasteiger partial charge in [-0.1, -0.05) is 23.9 Å². The van der Waals surface area contributed by atoms with E-state index in [0.717, 1.165) is 33.5 Å². The standard InChI is InChI=1S/C18H18N2O2S2/c1-22-14-10-8-13(9-11-14)19-17(21)7-4-12-23-18-20-15-5-2-3-6-16(15)24-18/h2-3,5-6,8-11H,4,7,12H2,1H3,(H,19,21). The molecule has 0 fully saturated rings. The van der Waals surface area contributed by atoms with E-state index in [1.807, 2.05) is 42.5 Å². The molecule has 3 aromatic rings. The van der Waals surface area contributed by atoms with E-state index in [2.05, 4.69) is 16.4 Å². The molecule has 1 aromatic heterocycles. The Balaban J connectivity index is 1.41.